The number of hydrogen-bond acceptors (Lipinski definition) is 2. The average molecular weight is 253 g/mol. The number of hydrogen-bond donors (Lipinski definition) is 1. The fourth-order valence-electron chi connectivity index (χ4n) is 2.07. The highest BCUT2D eigenvalue weighted by Crippen LogP contribution is 2.23. The highest BCUT2D eigenvalue weighted by Gasteiger charge is 1.97. The number of anilines is 1. The van der Waals surface area contributed by atoms with Crippen LogP contribution < -0.4 is 5.32 Å². The molecule has 1 heterocycles. The Morgan fingerprint density at radius 2 is 1.83 bits per heavy atom. The molecule has 2 heteroatoms. The van der Waals surface area contributed by atoms with Crippen molar-refractivity contribution in [2.75, 3.05) is 11.9 Å². The first-order valence-corrected chi connectivity index (χ1v) is 7.05. The molecule has 0 atom stereocenters. The van der Waals surface area contributed by atoms with E-state index in [1.165, 1.54) is 21.3 Å². The Bertz CT molecular complexity index is 628. The maximum Gasteiger partial charge on any atom is 0.0347 e. The number of rotatable bonds is 4. The van der Waals surface area contributed by atoms with Crippen LogP contribution in [0.1, 0.15) is 5.56 Å². The molecule has 1 nitrogen and oxygen atoms in total. The van der Waals surface area contributed by atoms with Crippen LogP contribution in [0.15, 0.2) is 60.0 Å². The number of fused-ring (bicyclic) bond motifs is 1. The summed E-state index contributed by atoms with van der Waals surface area (Å²) in [7, 11) is 0. The van der Waals surface area contributed by atoms with Gasteiger partial charge in [-0.3, -0.25) is 0 Å². The largest absolute Gasteiger partial charge is 0.385 e. The number of nitrogens with one attached hydrogen (secondary N) is 1. The molecule has 0 saturated carbocycles. The zero-order valence-corrected chi connectivity index (χ0v) is 10.9. The van der Waals surface area contributed by atoms with Gasteiger partial charge in [-0.05, 0) is 47.0 Å². The second-order valence-electron chi connectivity index (χ2n) is 4.34. The molecule has 0 spiro atoms. The van der Waals surface area contributed by atoms with E-state index in [9.17, 15) is 0 Å². The van der Waals surface area contributed by atoms with Gasteiger partial charge >= 0.3 is 0 Å². The summed E-state index contributed by atoms with van der Waals surface area (Å²) in [6.07, 6.45) is 1.06. The van der Waals surface area contributed by atoms with Gasteiger partial charge in [0.25, 0.3) is 0 Å². The molecule has 0 unspecified atom stereocenters. The predicted octanol–water partition coefficient (Wildman–Crippen LogP) is 4.56. The third kappa shape index (κ3) is 2.54. The summed E-state index contributed by atoms with van der Waals surface area (Å²) in [4.78, 5) is 0. The minimum atomic E-state index is 0.972. The zero-order chi connectivity index (χ0) is 12.2. The van der Waals surface area contributed by atoms with Crippen LogP contribution in [0.2, 0.25) is 0 Å². The van der Waals surface area contributed by atoms with Crippen LogP contribution in [0, 0.1) is 0 Å². The lowest BCUT2D eigenvalue weighted by atomic mass is 10.1. The molecule has 0 aliphatic rings. The Morgan fingerprint density at radius 3 is 2.72 bits per heavy atom. The van der Waals surface area contributed by atoms with Crippen LogP contribution in [-0.4, -0.2) is 6.54 Å². The first kappa shape index (κ1) is 11.3. The molecule has 0 radical (unpaired) electrons. The second-order valence-corrected chi connectivity index (χ2v) is 5.28. The Labute approximate surface area is 111 Å². The van der Waals surface area contributed by atoms with Crippen molar-refractivity contribution in [3.8, 4) is 0 Å². The lowest BCUT2D eigenvalue weighted by molar-refractivity contribution is 1.02. The van der Waals surface area contributed by atoms with E-state index in [-0.39, 0.29) is 0 Å². The van der Waals surface area contributed by atoms with Crippen molar-refractivity contribution < 1.29 is 0 Å². The molecule has 1 aromatic heterocycles. The van der Waals surface area contributed by atoms with Gasteiger partial charge in [-0.15, -0.1) is 11.3 Å². The van der Waals surface area contributed by atoms with E-state index in [1.54, 1.807) is 11.3 Å². The van der Waals surface area contributed by atoms with Crippen LogP contribution in [0.25, 0.3) is 10.1 Å². The standard InChI is InChI=1S/C16H15NS/c1-2-4-13(5-3-1)8-10-17-15-6-7-16-14(12-15)9-11-18-16/h1-7,9,11-12,17H,8,10H2. The molecule has 0 amide bonds. The van der Waals surface area contributed by atoms with E-state index in [0.717, 1.165) is 13.0 Å². The monoisotopic (exact) mass is 253 g/mol. The quantitative estimate of drug-likeness (QED) is 0.719. The average Bonchev–Trinajstić information content (AvgIpc) is 2.87. The minimum absolute atomic E-state index is 0.972. The smallest absolute Gasteiger partial charge is 0.0347 e. The molecule has 0 fully saturated rings. The van der Waals surface area contributed by atoms with Gasteiger partial charge in [-0.1, -0.05) is 30.3 Å². The fourth-order valence-corrected chi connectivity index (χ4v) is 2.84. The third-order valence-corrected chi connectivity index (χ3v) is 3.94. The van der Waals surface area contributed by atoms with Crippen molar-refractivity contribution in [2.45, 2.75) is 6.42 Å². The van der Waals surface area contributed by atoms with Gasteiger partial charge in [0.15, 0.2) is 0 Å². The van der Waals surface area contributed by atoms with Crippen LogP contribution in [0.5, 0.6) is 0 Å². The Kier molecular flexibility index (Phi) is 3.29. The van der Waals surface area contributed by atoms with Crippen molar-refractivity contribution in [3.05, 3.63) is 65.5 Å². The van der Waals surface area contributed by atoms with Crippen LogP contribution in [-0.2, 0) is 6.42 Å². The van der Waals surface area contributed by atoms with Crippen LogP contribution in [0.3, 0.4) is 0 Å². The zero-order valence-electron chi connectivity index (χ0n) is 10.1. The molecule has 0 bridgehead atoms. The molecule has 90 valence electrons. The third-order valence-electron chi connectivity index (χ3n) is 3.04. The van der Waals surface area contributed by atoms with E-state index in [1.807, 2.05) is 0 Å². The topological polar surface area (TPSA) is 12.0 Å². The van der Waals surface area contributed by atoms with Gasteiger partial charge in [0.05, 0.1) is 0 Å². The molecular formula is C16H15NS. The molecule has 3 rings (SSSR count). The van der Waals surface area contributed by atoms with Gasteiger partial charge in [0, 0.05) is 16.9 Å². The molecule has 0 aliphatic carbocycles. The maximum absolute atomic E-state index is 3.48. The summed E-state index contributed by atoms with van der Waals surface area (Å²) in [5, 5.41) is 6.94. The van der Waals surface area contributed by atoms with E-state index in [4.69, 9.17) is 0 Å². The van der Waals surface area contributed by atoms with Crippen LogP contribution >= 0.6 is 11.3 Å². The van der Waals surface area contributed by atoms with Crippen molar-refractivity contribution >= 4 is 27.1 Å². The van der Waals surface area contributed by atoms with Gasteiger partial charge in [-0.2, -0.15) is 0 Å². The van der Waals surface area contributed by atoms with Crippen LogP contribution in [0.4, 0.5) is 5.69 Å². The SMILES string of the molecule is c1ccc(CCNc2ccc3sccc3c2)cc1. The Hall–Kier alpha value is -1.80. The van der Waals surface area contributed by atoms with E-state index < -0.39 is 0 Å². The summed E-state index contributed by atoms with van der Waals surface area (Å²) in [6.45, 7) is 0.972. The van der Waals surface area contributed by atoms with Crippen molar-refractivity contribution in [2.24, 2.45) is 0 Å². The van der Waals surface area contributed by atoms with Crippen molar-refractivity contribution in [1.82, 2.24) is 0 Å². The fraction of sp³-hybridized carbons (Fsp3) is 0.125. The van der Waals surface area contributed by atoms with Gasteiger partial charge in [0.1, 0.15) is 0 Å². The van der Waals surface area contributed by atoms with E-state index in [0.29, 0.717) is 0 Å². The lowest BCUT2D eigenvalue weighted by Crippen LogP contribution is -2.04. The molecule has 1 N–H and O–H groups in total. The molecule has 0 saturated heterocycles. The highest BCUT2D eigenvalue weighted by molar-refractivity contribution is 7.17. The van der Waals surface area contributed by atoms with E-state index >= 15 is 0 Å². The Balaban J connectivity index is 1.62. The summed E-state index contributed by atoms with van der Waals surface area (Å²) in [5.74, 6) is 0. The Morgan fingerprint density at radius 1 is 0.944 bits per heavy atom. The molecular weight excluding hydrogens is 238 g/mol. The molecule has 0 aliphatic heterocycles. The minimum Gasteiger partial charge on any atom is -0.385 e. The van der Waals surface area contributed by atoms with E-state index in [2.05, 4.69) is 65.3 Å². The van der Waals surface area contributed by atoms with Gasteiger partial charge in [0.2, 0.25) is 0 Å². The molecule has 3 aromatic rings. The first-order valence-electron chi connectivity index (χ1n) is 6.17. The van der Waals surface area contributed by atoms with Gasteiger partial charge in [-0.25, -0.2) is 0 Å². The predicted molar refractivity (Wildman–Crippen MR) is 80.5 cm³/mol. The summed E-state index contributed by atoms with van der Waals surface area (Å²) < 4.78 is 1.35. The molecule has 18 heavy (non-hydrogen) atoms. The lowest BCUT2D eigenvalue weighted by Gasteiger charge is -2.06. The second kappa shape index (κ2) is 5.23. The summed E-state index contributed by atoms with van der Waals surface area (Å²) in [6, 6.07) is 19.3. The van der Waals surface area contributed by atoms with Crippen molar-refractivity contribution in [1.29, 1.82) is 0 Å². The van der Waals surface area contributed by atoms with Crippen molar-refractivity contribution in [3.63, 3.8) is 0 Å². The normalized spacial score (nSPS) is 10.7. The highest BCUT2D eigenvalue weighted by atomic mass is 32.1. The number of benzene rings is 2. The number of thiophene rings is 1. The summed E-state index contributed by atoms with van der Waals surface area (Å²) >= 11 is 1.79. The summed E-state index contributed by atoms with van der Waals surface area (Å²) in [5.41, 5.74) is 2.58. The molecule has 2 aromatic carbocycles. The van der Waals surface area contributed by atoms with Gasteiger partial charge < -0.3 is 5.32 Å². The first-order chi connectivity index (χ1) is 8.92. The maximum atomic E-state index is 3.48.